The number of ether oxygens (including phenoxy) is 2. The van der Waals surface area contributed by atoms with Gasteiger partial charge in [0.05, 0.1) is 17.4 Å². The molecule has 32 heavy (non-hydrogen) atoms. The van der Waals surface area contributed by atoms with Gasteiger partial charge in [-0.05, 0) is 70.0 Å². The van der Waals surface area contributed by atoms with Crippen LogP contribution in [0.1, 0.15) is 56.8 Å². The van der Waals surface area contributed by atoms with Gasteiger partial charge >= 0.3 is 11.9 Å². The number of cyclic esters (lactones) is 1. The van der Waals surface area contributed by atoms with E-state index in [0.717, 1.165) is 36.6 Å². The predicted octanol–water partition coefficient (Wildman–Crippen LogP) is 5.01. The van der Waals surface area contributed by atoms with Crippen molar-refractivity contribution in [2.75, 3.05) is 0 Å². The Morgan fingerprint density at radius 1 is 1.22 bits per heavy atom. The SMILES string of the molecule is CC(C)=CCC/C(C)=C/[C@H]1OC(=O)CC12C[C@H](OC(=O)c1ccc(F)c(F)c1)C=CC2=O. The zero-order chi connectivity index (χ0) is 23.5. The van der Waals surface area contributed by atoms with Gasteiger partial charge in [0.15, 0.2) is 17.4 Å². The van der Waals surface area contributed by atoms with Crippen LogP contribution in [-0.4, -0.2) is 29.9 Å². The zero-order valence-electron chi connectivity index (χ0n) is 18.3. The number of hydrogen-bond donors (Lipinski definition) is 0. The number of benzene rings is 1. The number of rotatable bonds is 6. The molecule has 0 radical (unpaired) electrons. The maximum Gasteiger partial charge on any atom is 0.338 e. The van der Waals surface area contributed by atoms with Gasteiger partial charge in [-0.3, -0.25) is 9.59 Å². The van der Waals surface area contributed by atoms with Gasteiger partial charge in [-0.2, -0.15) is 0 Å². The number of esters is 2. The van der Waals surface area contributed by atoms with E-state index in [-0.39, 0.29) is 24.2 Å². The van der Waals surface area contributed by atoms with Gasteiger partial charge in [0.1, 0.15) is 12.2 Å². The summed E-state index contributed by atoms with van der Waals surface area (Å²) in [7, 11) is 0. The van der Waals surface area contributed by atoms with Crippen LogP contribution in [0.5, 0.6) is 0 Å². The quantitative estimate of drug-likeness (QED) is 0.456. The maximum atomic E-state index is 13.5. The molecule has 1 aliphatic carbocycles. The van der Waals surface area contributed by atoms with Gasteiger partial charge in [-0.1, -0.05) is 17.2 Å². The minimum Gasteiger partial charge on any atom is -0.457 e. The van der Waals surface area contributed by atoms with Crippen LogP contribution in [-0.2, 0) is 19.1 Å². The summed E-state index contributed by atoms with van der Waals surface area (Å²) in [6.07, 6.45) is 6.61. The molecule has 0 saturated carbocycles. The summed E-state index contributed by atoms with van der Waals surface area (Å²) in [4.78, 5) is 37.4. The summed E-state index contributed by atoms with van der Waals surface area (Å²) in [6, 6.07) is 2.72. The summed E-state index contributed by atoms with van der Waals surface area (Å²) in [5.41, 5.74) is 0.885. The fourth-order valence-electron chi connectivity index (χ4n) is 3.99. The second-order valence-electron chi connectivity index (χ2n) is 8.58. The first kappa shape index (κ1) is 23.6. The van der Waals surface area contributed by atoms with Crippen LogP contribution in [0.2, 0.25) is 0 Å². The van der Waals surface area contributed by atoms with Crippen molar-refractivity contribution in [1.82, 2.24) is 0 Å². The molecular formula is C25H26F2O5. The molecule has 1 saturated heterocycles. The topological polar surface area (TPSA) is 69.7 Å². The largest absolute Gasteiger partial charge is 0.457 e. The average molecular weight is 444 g/mol. The van der Waals surface area contributed by atoms with E-state index in [1.54, 1.807) is 6.08 Å². The smallest absolute Gasteiger partial charge is 0.338 e. The number of allylic oxidation sites excluding steroid dienone is 4. The third-order valence-electron chi connectivity index (χ3n) is 5.72. The predicted molar refractivity (Wildman–Crippen MR) is 114 cm³/mol. The normalized spacial score (nSPS) is 25.1. The highest BCUT2D eigenvalue weighted by molar-refractivity contribution is 6.00. The molecule has 0 aromatic heterocycles. The summed E-state index contributed by atoms with van der Waals surface area (Å²) in [5, 5.41) is 0. The number of ketones is 1. The van der Waals surface area contributed by atoms with Crippen LogP contribution in [0.25, 0.3) is 0 Å². The van der Waals surface area contributed by atoms with Crippen molar-refractivity contribution in [3.63, 3.8) is 0 Å². The van der Waals surface area contributed by atoms with Crippen molar-refractivity contribution < 1.29 is 32.6 Å². The Kier molecular flexibility index (Phi) is 7.06. The van der Waals surface area contributed by atoms with Crippen molar-refractivity contribution >= 4 is 17.7 Å². The Morgan fingerprint density at radius 3 is 2.66 bits per heavy atom. The highest BCUT2D eigenvalue weighted by Crippen LogP contribution is 2.45. The molecule has 1 aromatic carbocycles. The van der Waals surface area contributed by atoms with Gasteiger partial charge in [0.25, 0.3) is 0 Å². The molecule has 0 N–H and O–H groups in total. The lowest BCUT2D eigenvalue weighted by molar-refractivity contribution is -0.140. The molecule has 7 heteroatoms. The fourth-order valence-corrected chi connectivity index (χ4v) is 3.99. The first-order valence-corrected chi connectivity index (χ1v) is 10.5. The monoisotopic (exact) mass is 444 g/mol. The number of hydrogen-bond acceptors (Lipinski definition) is 5. The van der Waals surface area contributed by atoms with Gasteiger partial charge in [0.2, 0.25) is 0 Å². The fraction of sp³-hybridized carbons (Fsp3) is 0.400. The van der Waals surface area contributed by atoms with Crippen LogP contribution >= 0.6 is 0 Å². The van der Waals surface area contributed by atoms with E-state index in [1.807, 2.05) is 20.8 Å². The van der Waals surface area contributed by atoms with Crippen LogP contribution < -0.4 is 0 Å². The summed E-state index contributed by atoms with van der Waals surface area (Å²) < 4.78 is 37.5. The van der Waals surface area contributed by atoms with Gasteiger partial charge in [0, 0.05) is 6.42 Å². The van der Waals surface area contributed by atoms with Crippen molar-refractivity contribution in [3.8, 4) is 0 Å². The molecule has 2 aliphatic rings. The first-order valence-electron chi connectivity index (χ1n) is 10.5. The van der Waals surface area contributed by atoms with Crippen molar-refractivity contribution in [2.45, 2.75) is 58.7 Å². The molecule has 0 amide bonds. The number of carbonyl (C=O) groups excluding carboxylic acids is 3. The minimum absolute atomic E-state index is 0.0614. The average Bonchev–Trinajstić information content (AvgIpc) is 3.01. The lowest BCUT2D eigenvalue weighted by atomic mass is 9.69. The summed E-state index contributed by atoms with van der Waals surface area (Å²) in [6.45, 7) is 5.95. The first-order chi connectivity index (χ1) is 15.1. The minimum atomic E-state index is -1.16. The van der Waals surface area contributed by atoms with Crippen molar-refractivity contribution in [3.05, 3.63) is 70.8 Å². The van der Waals surface area contributed by atoms with E-state index in [1.165, 1.54) is 17.7 Å². The highest BCUT2D eigenvalue weighted by atomic mass is 19.2. The molecule has 1 aromatic rings. The van der Waals surface area contributed by atoms with E-state index in [4.69, 9.17) is 9.47 Å². The summed E-state index contributed by atoms with van der Waals surface area (Å²) >= 11 is 0. The third kappa shape index (κ3) is 5.21. The number of halogens is 2. The van der Waals surface area contributed by atoms with E-state index in [0.29, 0.717) is 0 Å². The van der Waals surface area contributed by atoms with Crippen LogP contribution in [0.15, 0.2) is 53.6 Å². The van der Waals surface area contributed by atoms with Crippen molar-refractivity contribution in [2.24, 2.45) is 5.41 Å². The molecule has 1 unspecified atom stereocenters. The molecule has 1 aliphatic heterocycles. The maximum absolute atomic E-state index is 13.5. The molecule has 0 bridgehead atoms. The molecule has 1 spiro atoms. The van der Waals surface area contributed by atoms with E-state index in [9.17, 15) is 23.2 Å². The van der Waals surface area contributed by atoms with Crippen LogP contribution in [0.3, 0.4) is 0 Å². The Balaban J connectivity index is 1.77. The molecule has 1 heterocycles. The van der Waals surface area contributed by atoms with Gasteiger partial charge in [-0.15, -0.1) is 0 Å². The second kappa shape index (κ2) is 9.59. The Morgan fingerprint density at radius 2 is 1.97 bits per heavy atom. The van der Waals surface area contributed by atoms with E-state index >= 15 is 0 Å². The highest BCUT2D eigenvalue weighted by Gasteiger charge is 2.55. The van der Waals surface area contributed by atoms with Crippen LogP contribution in [0, 0.1) is 17.0 Å². The molecule has 5 nitrogen and oxygen atoms in total. The van der Waals surface area contributed by atoms with Crippen LogP contribution in [0.4, 0.5) is 8.78 Å². The van der Waals surface area contributed by atoms with E-state index < -0.39 is 41.2 Å². The lowest BCUT2D eigenvalue weighted by Crippen LogP contribution is -2.43. The molecule has 3 rings (SSSR count). The Labute approximate surface area is 185 Å². The van der Waals surface area contributed by atoms with Crippen molar-refractivity contribution in [1.29, 1.82) is 0 Å². The standard InChI is InChI=1S/C25H26F2O5/c1-15(2)5-4-6-16(3)11-22-25(14-23(29)32-22)13-18(8-10-21(25)28)31-24(30)17-7-9-19(26)20(27)12-17/h5,7-12,18,22H,4,6,13-14H2,1-3H3/b16-11+/t18-,22-,25?/m1/s1. The number of carbonyl (C=O) groups is 3. The summed E-state index contributed by atoms with van der Waals surface area (Å²) in [5.74, 6) is -3.83. The molecule has 1 fully saturated rings. The van der Waals surface area contributed by atoms with Gasteiger partial charge < -0.3 is 9.47 Å². The van der Waals surface area contributed by atoms with Gasteiger partial charge in [-0.25, -0.2) is 13.6 Å². The zero-order valence-corrected chi connectivity index (χ0v) is 18.3. The molecule has 3 atom stereocenters. The lowest BCUT2D eigenvalue weighted by Gasteiger charge is -2.34. The molecular weight excluding hydrogens is 418 g/mol. The Hall–Kier alpha value is -3.09. The van der Waals surface area contributed by atoms with E-state index in [2.05, 4.69) is 6.08 Å². The third-order valence-corrected chi connectivity index (χ3v) is 5.72. The Bertz CT molecular complexity index is 1020. The molecule has 170 valence electrons. The second-order valence-corrected chi connectivity index (χ2v) is 8.58.